The van der Waals surface area contributed by atoms with Crippen molar-refractivity contribution in [2.75, 3.05) is 6.61 Å². The van der Waals surface area contributed by atoms with Crippen LogP contribution in [-0.2, 0) is 27.2 Å². The van der Waals surface area contributed by atoms with Gasteiger partial charge in [-0.3, -0.25) is 4.79 Å². The Morgan fingerprint density at radius 2 is 2.47 bits per heavy atom. The molecule has 1 aromatic carbocycles. The van der Waals surface area contributed by atoms with E-state index in [-0.39, 0.29) is 0 Å². The van der Waals surface area contributed by atoms with Crippen LogP contribution in [0.2, 0.25) is 0 Å². The van der Waals surface area contributed by atoms with Crippen LogP contribution >= 0.6 is 0 Å². The molecule has 2 rings (SSSR count). The zero-order valence-corrected chi connectivity index (χ0v) is 8.18. The van der Waals surface area contributed by atoms with E-state index < -0.39 is 7.12 Å². The molecule has 0 saturated heterocycles. The second-order valence-electron chi connectivity index (χ2n) is 3.41. The number of carbonyl (C=O) groups is 1. The highest BCUT2D eigenvalue weighted by Gasteiger charge is 2.26. The van der Waals surface area contributed by atoms with Crippen LogP contribution < -0.4 is 5.46 Å². The van der Waals surface area contributed by atoms with Gasteiger partial charge < -0.3 is 14.4 Å². The molecule has 0 fully saturated rings. The van der Waals surface area contributed by atoms with Crippen molar-refractivity contribution in [1.82, 2.24) is 0 Å². The van der Waals surface area contributed by atoms with Gasteiger partial charge in [0.2, 0.25) is 0 Å². The molecule has 5 heteroatoms. The van der Waals surface area contributed by atoms with Gasteiger partial charge in [-0.15, -0.1) is 0 Å². The molecule has 1 N–H and O–H groups in total. The number of fused-ring (bicyclic) bond motifs is 1. The Bertz CT molecular complexity index is 366. The molecule has 0 atom stereocenters. The Morgan fingerprint density at radius 3 is 3.27 bits per heavy atom. The predicted molar refractivity (Wildman–Crippen MR) is 54.6 cm³/mol. The van der Waals surface area contributed by atoms with Crippen molar-refractivity contribution in [2.24, 2.45) is 0 Å². The first-order chi connectivity index (χ1) is 7.31. The van der Waals surface area contributed by atoms with Crippen molar-refractivity contribution < 1.29 is 19.2 Å². The van der Waals surface area contributed by atoms with Gasteiger partial charge in [0.25, 0.3) is 6.47 Å². The molecule has 0 unspecified atom stereocenters. The summed E-state index contributed by atoms with van der Waals surface area (Å²) >= 11 is 0. The summed E-state index contributed by atoms with van der Waals surface area (Å²) in [6.45, 7) is 1.27. The first-order valence-corrected chi connectivity index (χ1v) is 4.78. The smallest absolute Gasteiger partial charge is 0.468 e. The third-order valence-electron chi connectivity index (χ3n) is 2.45. The van der Waals surface area contributed by atoms with E-state index in [1.54, 1.807) is 0 Å². The van der Waals surface area contributed by atoms with E-state index in [1.165, 1.54) is 0 Å². The summed E-state index contributed by atoms with van der Waals surface area (Å²) in [6, 6.07) is 5.73. The minimum absolute atomic E-state index is 0.381. The molecule has 0 amide bonds. The number of hydrogen-bond acceptors (Lipinski definition) is 4. The molecule has 0 bridgehead atoms. The molecule has 0 aromatic heterocycles. The minimum Gasteiger partial charge on any atom is -0.468 e. The zero-order valence-electron chi connectivity index (χ0n) is 8.18. The molecule has 4 nitrogen and oxygen atoms in total. The van der Waals surface area contributed by atoms with Crippen LogP contribution in [0.4, 0.5) is 0 Å². The van der Waals surface area contributed by atoms with Crippen LogP contribution in [0.5, 0.6) is 0 Å². The van der Waals surface area contributed by atoms with Gasteiger partial charge >= 0.3 is 7.12 Å². The average Bonchev–Trinajstić information content (AvgIpc) is 2.61. The van der Waals surface area contributed by atoms with Gasteiger partial charge in [0.1, 0.15) is 0 Å². The average molecular weight is 206 g/mol. The largest absolute Gasteiger partial charge is 0.491 e. The monoisotopic (exact) mass is 206 g/mol. The molecule has 1 heterocycles. The highest BCUT2D eigenvalue weighted by atomic mass is 16.5. The fourth-order valence-electron chi connectivity index (χ4n) is 1.66. The first kappa shape index (κ1) is 10.2. The lowest BCUT2D eigenvalue weighted by Gasteiger charge is -2.03. The van der Waals surface area contributed by atoms with Crippen LogP contribution in [0.15, 0.2) is 18.2 Å². The quantitative estimate of drug-likeness (QED) is 0.414. The van der Waals surface area contributed by atoms with Crippen molar-refractivity contribution in [3.8, 4) is 0 Å². The summed E-state index contributed by atoms with van der Waals surface area (Å²) in [5.41, 5.74) is 2.91. The summed E-state index contributed by atoms with van der Waals surface area (Å²) < 4.78 is 9.69. The molecule has 0 aliphatic carbocycles. The second-order valence-corrected chi connectivity index (χ2v) is 3.41. The molecule has 1 aliphatic rings. The first-order valence-electron chi connectivity index (χ1n) is 4.78. The Labute approximate surface area is 88.0 Å². The summed E-state index contributed by atoms with van der Waals surface area (Å²) in [5.74, 6) is 0. The van der Waals surface area contributed by atoms with Gasteiger partial charge in [-0.05, 0) is 16.6 Å². The number of hydrogen-bond donors (Lipinski definition) is 1. The molecule has 1 aliphatic heterocycles. The van der Waals surface area contributed by atoms with Crippen LogP contribution in [-0.4, -0.2) is 25.2 Å². The van der Waals surface area contributed by atoms with Crippen molar-refractivity contribution >= 4 is 19.1 Å². The van der Waals surface area contributed by atoms with E-state index in [9.17, 15) is 9.82 Å². The van der Waals surface area contributed by atoms with Gasteiger partial charge in [0.05, 0.1) is 13.2 Å². The van der Waals surface area contributed by atoms with Gasteiger partial charge in [-0.1, -0.05) is 18.2 Å². The normalized spacial score (nSPS) is 13.8. The van der Waals surface area contributed by atoms with Crippen molar-refractivity contribution in [3.63, 3.8) is 0 Å². The fourth-order valence-corrected chi connectivity index (χ4v) is 1.66. The molecule has 78 valence electrons. The van der Waals surface area contributed by atoms with E-state index in [1.807, 2.05) is 18.2 Å². The summed E-state index contributed by atoms with van der Waals surface area (Å²) in [5, 5.41) is 9.39. The van der Waals surface area contributed by atoms with Crippen molar-refractivity contribution in [1.29, 1.82) is 0 Å². The number of carbonyl (C=O) groups excluding carboxylic acids is 1. The van der Waals surface area contributed by atoms with E-state index in [0.29, 0.717) is 26.1 Å². The highest BCUT2D eigenvalue weighted by molar-refractivity contribution is 6.61. The molecule has 0 radical (unpaired) electrons. The topological polar surface area (TPSA) is 55.8 Å². The Hall–Kier alpha value is -1.33. The number of benzene rings is 1. The van der Waals surface area contributed by atoms with Crippen molar-refractivity contribution in [3.05, 3.63) is 29.3 Å². The Morgan fingerprint density at radius 1 is 1.60 bits per heavy atom. The molecule has 0 spiro atoms. The second kappa shape index (κ2) is 4.46. The SMILES string of the molecule is O=COCCc1ccc2c(c1)COB2O. The molecule has 15 heavy (non-hydrogen) atoms. The van der Waals surface area contributed by atoms with Gasteiger partial charge in [-0.25, -0.2) is 0 Å². The molecule has 0 saturated carbocycles. The lowest BCUT2D eigenvalue weighted by molar-refractivity contribution is -0.128. The van der Waals surface area contributed by atoms with Crippen LogP contribution in [0.25, 0.3) is 0 Å². The zero-order chi connectivity index (χ0) is 10.7. The third-order valence-corrected chi connectivity index (χ3v) is 2.45. The lowest BCUT2D eigenvalue weighted by Crippen LogP contribution is -2.27. The third kappa shape index (κ3) is 2.19. The van der Waals surface area contributed by atoms with Crippen LogP contribution in [0.1, 0.15) is 11.1 Å². The molecule has 1 aromatic rings. The minimum atomic E-state index is -0.791. The van der Waals surface area contributed by atoms with Crippen LogP contribution in [0.3, 0.4) is 0 Å². The summed E-state index contributed by atoms with van der Waals surface area (Å²) in [7, 11) is -0.791. The van der Waals surface area contributed by atoms with Gasteiger partial charge in [0.15, 0.2) is 0 Å². The maximum Gasteiger partial charge on any atom is 0.491 e. The lowest BCUT2D eigenvalue weighted by atomic mass is 9.79. The van der Waals surface area contributed by atoms with E-state index >= 15 is 0 Å². The molecular weight excluding hydrogens is 195 g/mol. The maximum absolute atomic E-state index is 9.95. The Balaban J connectivity index is 2.06. The predicted octanol–water partition coefficient (Wildman–Crippen LogP) is -0.380. The van der Waals surface area contributed by atoms with E-state index in [0.717, 1.165) is 16.6 Å². The number of rotatable bonds is 4. The van der Waals surface area contributed by atoms with Gasteiger partial charge in [0, 0.05) is 6.42 Å². The Kier molecular flexibility index (Phi) is 3.04. The standard InChI is InChI=1S/C10H11BO4/c12-7-14-4-3-8-1-2-10-9(5-8)6-15-11(10)13/h1-2,5,7,13H,3-4,6H2. The maximum atomic E-state index is 9.95. The van der Waals surface area contributed by atoms with E-state index in [2.05, 4.69) is 4.74 Å². The number of ether oxygens (including phenoxy) is 1. The van der Waals surface area contributed by atoms with E-state index in [4.69, 9.17) is 4.65 Å². The van der Waals surface area contributed by atoms with Gasteiger partial charge in [-0.2, -0.15) is 0 Å². The fraction of sp³-hybridized carbons (Fsp3) is 0.300. The van der Waals surface area contributed by atoms with Crippen molar-refractivity contribution in [2.45, 2.75) is 13.0 Å². The highest BCUT2D eigenvalue weighted by Crippen LogP contribution is 2.12. The summed E-state index contributed by atoms with van der Waals surface area (Å²) in [4.78, 5) is 9.95. The summed E-state index contributed by atoms with van der Waals surface area (Å²) in [6.07, 6.45) is 0.683. The van der Waals surface area contributed by atoms with Crippen LogP contribution in [0, 0.1) is 0 Å². The molecular formula is C10H11BO4.